The molecule has 0 saturated carbocycles. The van der Waals surface area contributed by atoms with Crippen LogP contribution in [0.5, 0.6) is 0 Å². The second kappa shape index (κ2) is 6.92. The molecule has 27 heavy (non-hydrogen) atoms. The van der Waals surface area contributed by atoms with Gasteiger partial charge in [-0.2, -0.15) is 0 Å². The average molecular weight is 398 g/mol. The lowest BCUT2D eigenvalue weighted by atomic mass is 10.2. The van der Waals surface area contributed by atoms with E-state index in [0.717, 1.165) is 22.8 Å². The van der Waals surface area contributed by atoms with E-state index in [0.29, 0.717) is 6.07 Å². The monoisotopic (exact) mass is 397 g/mol. The molecule has 3 aromatic rings. The number of carboxylic acid groups (broad SMARTS) is 1. The zero-order valence-corrected chi connectivity index (χ0v) is 14.4. The molecule has 0 spiro atoms. The van der Waals surface area contributed by atoms with E-state index < -0.39 is 40.2 Å². The Hall–Kier alpha value is -3.07. The molecule has 1 amide bonds. The van der Waals surface area contributed by atoms with Gasteiger partial charge < -0.3 is 10.4 Å². The van der Waals surface area contributed by atoms with Crippen molar-refractivity contribution in [2.24, 2.45) is 0 Å². The molecule has 140 valence electrons. The van der Waals surface area contributed by atoms with E-state index in [1.54, 1.807) is 0 Å². The number of nitrogens with zero attached hydrogens (tertiary/aromatic N) is 2. The van der Waals surface area contributed by atoms with Crippen molar-refractivity contribution >= 4 is 28.6 Å². The van der Waals surface area contributed by atoms with Gasteiger partial charge in [0.25, 0.3) is 5.56 Å². The quantitative estimate of drug-likeness (QED) is 0.704. The summed E-state index contributed by atoms with van der Waals surface area (Å²) in [4.78, 5) is 28.1. The molecule has 0 saturated heterocycles. The fourth-order valence-electron chi connectivity index (χ4n) is 2.68. The number of amides is 1. The molecule has 1 atom stereocenters. The Labute approximate surface area is 154 Å². The van der Waals surface area contributed by atoms with E-state index in [4.69, 9.17) is 16.7 Å². The lowest BCUT2D eigenvalue weighted by molar-refractivity contribution is 0.190. The molecule has 2 N–H and O–H groups in total. The Bertz CT molecular complexity index is 1110. The van der Waals surface area contributed by atoms with Crippen LogP contribution >= 0.6 is 11.6 Å². The van der Waals surface area contributed by atoms with E-state index in [1.165, 1.54) is 13.0 Å². The summed E-state index contributed by atoms with van der Waals surface area (Å²) in [5, 5.41) is 10.3. The summed E-state index contributed by atoms with van der Waals surface area (Å²) in [6.07, 6.45) is -1.40. The van der Waals surface area contributed by atoms with Crippen molar-refractivity contribution in [3.63, 3.8) is 0 Å². The van der Waals surface area contributed by atoms with E-state index in [9.17, 15) is 22.8 Å². The van der Waals surface area contributed by atoms with Gasteiger partial charge in [-0.1, -0.05) is 11.6 Å². The van der Waals surface area contributed by atoms with Crippen molar-refractivity contribution < 1.29 is 23.1 Å². The van der Waals surface area contributed by atoms with Crippen molar-refractivity contribution in [2.45, 2.75) is 13.0 Å². The van der Waals surface area contributed by atoms with Crippen molar-refractivity contribution in [3.05, 3.63) is 69.0 Å². The number of hydrogen-bond donors (Lipinski definition) is 2. The zero-order chi connectivity index (χ0) is 19.9. The zero-order valence-electron chi connectivity index (χ0n) is 13.6. The van der Waals surface area contributed by atoms with Crippen LogP contribution in [-0.2, 0) is 0 Å². The van der Waals surface area contributed by atoms with Crippen LogP contribution in [0.3, 0.4) is 0 Å². The first-order valence-corrected chi connectivity index (χ1v) is 7.93. The molecule has 0 aliphatic carbocycles. The lowest BCUT2D eigenvalue weighted by Gasteiger charge is -2.19. The minimum atomic E-state index is -1.40. The average Bonchev–Trinajstić information content (AvgIpc) is 2.56. The first-order valence-electron chi connectivity index (χ1n) is 7.55. The molecule has 1 heterocycles. The Morgan fingerprint density at radius 1 is 1.22 bits per heavy atom. The Morgan fingerprint density at radius 2 is 1.85 bits per heavy atom. The number of rotatable bonds is 3. The standard InChI is InChI=1S/C17H11ClF3N3O3/c1-7(22-17(26)27)15-23-12-3-2-11(21)14(18)13(12)16(25)24(15)10-5-8(19)4-9(20)6-10/h2-7,22H,1H3,(H,26,27). The molecule has 0 aliphatic rings. The molecule has 0 bridgehead atoms. The van der Waals surface area contributed by atoms with Crippen LogP contribution in [0.15, 0.2) is 35.1 Å². The molecular formula is C17H11ClF3N3O3. The van der Waals surface area contributed by atoms with Crippen molar-refractivity contribution in [3.8, 4) is 5.69 Å². The largest absolute Gasteiger partial charge is 0.465 e. The van der Waals surface area contributed by atoms with Gasteiger partial charge in [0, 0.05) is 6.07 Å². The van der Waals surface area contributed by atoms with Gasteiger partial charge in [0.15, 0.2) is 0 Å². The summed E-state index contributed by atoms with van der Waals surface area (Å²) in [7, 11) is 0. The number of hydrogen-bond acceptors (Lipinski definition) is 3. The smallest absolute Gasteiger partial charge is 0.405 e. The highest BCUT2D eigenvalue weighted by Crippen LogP contribution is 2.25. The molecule has 0 fully saturated rings. The summed E-state index contributed by atoms with van der Waals surface area (Å²) in [6.45, 7) is 1.39. The Morgan fingerprint density at radius 3 is 2.44 bits per heavy atom. The molecular weight excluding hydrogens is 387 g/mol. The second-order valence-corrected chi connectivity index (χ2v) is 6.04. The lowest BCUT2D eigenvalue weighted by Crippen LogP contribution is -2.32. The van der Waals surface area contributed by atoms with Crippen LogP contribution in [0.1, 0.15) is 18.8 Å². The Balaban J connectivity index is 2.43. The maximum Gasteiger partial charge on any atom is 0.405 e. The molecule has 0 radical (unpaired) electrons. The fraction of sp³-hybridized carbons (Fsp3) is 0.118. The van der Waals surface area contributed by atoms with E-state index in [2.05, 4.69) is 10.3 Å². The number of fused-ring (bicyclic) bond motifs is 1. The summed E-state index contributed by atoms with van der Waals surface area (Å²) in [6, 6.07) is 3.50. The number of benzene rings is 2. The topological polar surface area (TPSA) is 84.2 Å². The predicted octanol–water partition coefficient (Wildman–Crippen LogP) is 3.79. The number of nitrogens with one attached hydrogen (secondary N) is 1. The van der Waals surface area contributed by atoms with Gasteiger partial charge in [-0.05, 0) is 31.2 Å². The number of aromatic nitrogens is 2. The summed E-state index contributed by atoms with van der Waals surface area (Å²) >= 11 is 5.88. The molecule has 0 aliphatic heterocycles. The Kier molecular flexibility index (Phi) is 4.79. The molecule has 2 aromatic carbocycles. The third-order valence-corrected chi connectivity index (χ3v) is 4.16. The van der Waals surface area contributed by atoms with Crippen LogP contribution in [0.2, 0.25) is 5.02 Å². The van der Waals surface area contributed by atoms with Gasteiger partial charge in [-0.25, -0.2) is 22.9 Å². The van der Waals surface area contributed by atoms with Crippen LogP contribution in [0.25, 0.3) is 16.6 Å². The first kappa shape index (κ1) is 18.7. The molecule has 3 rings (SSSR count). The van der Waals surface area contributed by atoms with Crippen molar-refractivity contribution in [2.75, 3.05) is 0 Å². The SMILES string of the molecule is CC(NC(=O)O)c1nc2ccc(F)c(Cl)c2c(=O)n1-c1cc(F)cc(F)c1. The van der Waals surface area contributed by atoms with Crippen molar-refractivity contribution in [1.82, 2.24) is 14.9 Å². The van der Waals surface area contributed by atoms with Crippen LogP contribution in [0.4, 0.5) is 18.0 Å². The van der Waals surface area contributed by atoms with Gasteiger partial charge in [0.05, 0.1) is 27.7 Å². The minimum absolute atomic E-state index is 0.00793. The third kappa shape index (κ3) is 3.45. The van der Waals surface area contributed by atoms with Crippen molar-refractivity contribution in [1.29, 1.82) is 0 Å². The maximum absolute atomic E-state index is 13.8. The highest BCUT2D eigenvalue weighted by Gasteiger charge is 2.22. The normalized spacial score (nSPS) is 12.2. The molecule has 10 heteroatoms. The second-order valence-electron chi connectivity index (χ2n) is 5.66. The van der Waals surface area contributed by atoms with Gasteiger partial charge in [-0.15, -0.1) is 0 Å². The fourth-order valence-corrected chi connectivity index (χ4v) is 2.93. The first-order chi connectivity index (χ1) is 12.7. The molecule has 6 nitrogen and oxygen atoms in total. The van der Waals surface area contributed by atoms with Crippen LogP contribution in [0, 0.1) is 17.5 Å². The summed E-state index contributed by atoms with van der Waals surface area (Å²) < 4.78 is 41.9. The minimum Gasteiger partial charge on any atom is -0.465 e. The van der Waals surface area contributed by atoms with Gasteiger partial charge >= 0.3 is 6.09 Å². The van der Waals surface area contributed by atoms with Gasteiger partial charge in [0.2, 0.25) is 0 Å². The highest BCUT2D eigenvalue weighted by atomic mass is 35.5. The number of halogens is 4. The van der Waals surface area contributed by atoms with Gasteiger partial charge in [0.1, 0.15) is 23.3 Å². The highest BCUT2D eigenvalue weighted by molar-refractivity contribution is 6.35. The molecule has 1 unspecified atom stereocenters. The van der Waals surface area contributed by atoms with E-state index in [-0.39, 0.29) is 22.4 Å². The maximum atomic E-state index is 13.8. The summed E-state index contributed by atoms with van der Waals surface area (Å²) in [5.41, 5.74) is -1.14. The van der Waals surface area contributed by atoms with Gasteiger partial charge in [-0.3, -0.25) is 9.36 Å². The number of carbonyl (C=O) groups is 1. The van der Waals surface area contributed by atoms with E-state index in [1.807, 2.05) is 0 Å². The van der Waals surface area contributed by atoms with Crippen LogP contribution in [-0.4, -0.2) is 20.8 Å². The molecule has 1 aromatic heterocycles. The van der Waals surface area contributed by atoms with E-state index >= 15 is 0 Å². The predicted molar refractivity (Wildman–Crippen MR) is 91.8 cm³/mol. The van der Waals surface area contributed by atoms with Crippen LogP contribution < -0.4 is 10.9 Å². The summed E-state index contributed by atoms with van der Waals surface area (Å²) in [5.74, 6) is -2.95. The third-order valence-electron chi connectivity index (χ3n) is 3.79.